The van der Waals surface area contributed by atoms with Crippen LogP contribution in [-0.2, 0) is 6.54 Å². The molecule has 1 aromatic heterocycles. The number of nitrogens with one attached hydrogen (secondary N) is 1. The van der Waals surface area contributed by atoms with Gasteiger partial charge in [-0.05, 0) is 44.6 Å². The first kappa shape index (κ1) is 15.8. The molecule has 0 bridgehead atoms. The van der Waals surface area contributed by atoms with Crippen LogP contribution in [0.15, 0.2) is 0 Å². The van der Waals surface area contributed by atoms with Crippen LogP contribution in [0, 0.1) is 5.92 Å². The smallest absolute Gasteiger partial charge is 0.185 e. The summed E-state index contributed by atoms with van der Waals surface area (Å²) in [6.45, 7) is 7.78. The Morgan fingerprint density at radius 2 is 1.95 bits per heavy atom. The fraction of sp³-hybridized carbons (Fsp3) is 0.812. The molecular weight excluding hydrogens is 266 g/mol. The van der Waals surface area contributed by atoms with E-state index in [4.69, 9.17) is 4.98 Å². The second kappa shape index (κ2) is 6.90. The second-order valence-electron chi connectivity index (χ2n) is 6.51. The molecule has 0 aliphatic heterocycles. The molecular formula is C16H29N3S. The van der Waals surface area contributed by atoms with Crippen LogP contribution in [0.4, 0.5) is 5.13 Å². The summed E-state index contributed by atoms with van der Waals surface area (Å²) in [5.41, 5.74) is 1.27. The van der Waals surface area contributed by atoms with Crippen LogP contribution in [0.2, 0.25) is 0 Å². The highest BCUT2D eigenvalue weighted by atomic mass is 32.1. The lowest BCUT2D eigenvalue weighted by molar-refractivity contribution is 0.340. The van der Waals surface area contributed by atoms with Crippen molar-refractivity contribution in [3.05, 3.63) is 10.6 Å². The minimum atomic E-state index is 0.503. The van der Waals surface area contributed by atoms with Crippen LogP contribution in [0.3, 0.4) is 0 Å². The zero-order valence-corrected chi connectivity index (χ0v) is 14.4. The van der Waals surface area contributed by atoms with Gasteiger partial charge in [0, 0.05) is 24.5 Å². The van der Waals surface area contributed by atoms with Crippen molar-refractivity contribution in [2.45, 2.75) is 65.0 Å². The van der Waals surface area contributed by atoms with Crippen molar-refractivity contribution in [3.8, 4) is 0 Å². The van der Waals surface area contributed by atoms with Crippen molar-refractivity contribution >= 4 is 16.5 Å². The summed E-state index contributed by atoms with van der Waals surface area (Å²) in [5, 5.41) is 4.48. The van der Waals surface area contributed by atoms with Crippen molar-refractivity contribution in [2.75, 3.05) is 19.0 Å². The molecule has 0 unspecified atom stereocenters. The topological polar surface area (TPSA) is 28.2 Å². The van der Waals surface area contributed by atoms with E-state index in [1.54, 1.807) is 0 Å². The minimum absolute atomic E-state index is 0.503. The number of aromatic nitrogens is 1. The first-order valence-electron chi connectivity index (χ1n) is 7.90. The third-order valence-electron chi connectivity index (χ3n) is 4.44. The SMILES string of the molecule is CNCc1sc(N(C)C2CCC(C)CC2)nc1C(C)C. The third-order valence-corrected chi connectivity index (χ3v) is 5.60. The van der Waals surface area contributed by atoms with Crippen LogP contribution in [0.25, 0.3) is 0 Å². The quantitative estimate of drug-likeness (QED) is 0.890. The average molecular weight is 295 g/mol. The largest absolute Gasteiger partial charge is 0.348 e. The summed E-state index contributed by atoms with van der Waals surface area (Å²) < 4.78 is 0. The Balaban J connectivity index is 2.13. The summed E-state index contributed by atoms with van der Waals surface area (Å²) in [6, 6.07) is 0.680. The lowest BCUT2D eigenvalue weighted by atomic mass is 9.87. The van der Waals surface area contributed by atoms with Gasteiger partial charge < -0.3 is 10.2 Å². The maximum atomic E-state index is 4.93. The van der Waals surface area contributed by atoms with Crippen molar-refractivity contribution in [1.29, 1.82) is 0 Å². The number of thiazole rings is 1. The number of nitrogens with zero attached hydrogens (tertiary/aromatic N) is 2. The predicted molar refractivity (Wildman–Crippen MR) is 88.8 cm³/mol. The van der Waals surface area contributed by atoms with Gasteiger partial charge in [0.2, 0.25) is 0 Å². The summed E-state index contributed by atoms with van der Waals surface area (Å²) in [4.78, 5) is 8.76. The van der Waals surface area contributed by atoms with Gasteiger partial charge in [0.25, 0.3) is 0 Å². The standard InChI is InChI=1S/C16H29N3S/c1-11(2)15-14(10-17-4)20-16(18-15)19(5)13-8-6-12(3)7-9-13/h11-13,17H,6-10H2,1-5H3. The van der Waals surface area contributed by atoms with E-state index in [2.05, 4.69) is 38.0 Å². The van der Waals surface area contributed by atoms with E-state index in [1.807, 2.05) is 18.4 Å². The van der Waals surface area contributed by atoms with Gasteiger partial charge in [-0.2, -0.15) is 0 Å². The molecule has 0 aromatic carbocycles. The summed E-state index contributed by atoms with van der Waals surface area (Å²) >= 11 is 1.87. The molecule has 1 saturated carbocycles. The van der Waals surface area contributed by atoms with Crippen molar-refractivity contribution < 1.29 is 0 Å². The zero-order chi connectivity index (χ0) is 14.7. The zero-order valence-electron chi connectivity index (χ0n) is 13.6. The Labute approximate surface area is 127 Å². The molecule has 1 aromatic rings. The second-order valence-corrected chi connectivity index (χ2v) is 7.58. The fourth-order valence-corrected chi connectivity index (χ4v) is 4.29. The molecule has 114 valence electrons. The van der Waals surface area contributed by atoms with Crippen molar-refractivity contribution in [1.82, 2.24) is 10.3 Å². The van der Waals surface area contributed by atoms with E-state index in [0.717, 1.165) is 12.5 Å². The van der Waals surface area contributed by atoms with Crippen LogP contribution < -0.4 is 10.2 Å². The lowest BCUT2D eigenvalue weighted by Crippen LogP contribution is -2.34. The van der Waals surface area contributed by atoms with Crippen LogP contribution in [-0.4, -0.2) is 25.1 Å². The van der Waals surface area contributed by atoms with Gasteiger partial charge in [0.15, 0.2) is 5.13 Å². The average Bonchev–Trinajstić information content (AvgIpc) is 2.83. The maximum absolute atomic E-state index is 4.93. The summed E-state index contributed by atoms with van der Waals surface area (Å²) in [6.07, 6.45) is 5.35. The molecule has 0 radical (unpaired) electrons. The van der Waals surface area contributed by atoms with Gasteiger partial charge >= 0.3 is 0 Å². The van der Waals surface area contributed by atoms with E-state index < -0.39 is 0 Å². The highest BCUT2D eigenvalue weighted by molar-refractivity contribution is 7.15. The highest BCUT2D eigenvalue weighted by Gasteiger charge is 2.25. The molecule has 4 heteroatoms. The molecule has 3 nitrogen and oxygen atoms in total. The first-order valence-corrected chi connectivity index (χ1v) is 8.71. The maximum Gasteiger partial charge on any atom is 0.185 e. The van der Waals surface area contributed by atoms with Gasteiger partial charge in [-0.1, -0.05) is 20.8 Å². The molecule has 1 fully saturated rings. The molecule has 0 amide bonds. The molecule has 1 aliphatic carbocycles. The summed E-state index contributed by atoms with van der Waals surface area (Å²) in [7, 11) is 4.24. The molecule has 1 heterocycles. The lowest BCUT2D eigenvalue weighted by Gasteiger charge is -2.33. The van der Waals surface area contributed by atoms with E-state index in [9.17, 15) is 0 Å². The Morgan fingerprint density at radius 3 is 2.50 bits per heavy atom. The first-order chi connectivity index (χ1) is 9.52. The van der Waals surface area contributed by atoms with Gasteiger partial charge in [-0.3, -0.25) is 0 Å². The number of hydrogen-bond acceptors (Lipinski definition) is 4. The molecule has 1 aliphatic rings. The highest BCUT2D eigenvalue weighted by Crippen LogP contribution is 2.34. The van der Waals surface area contributed by atoms with E-state index in [0.29, 0.717) is 12.0 Å². The van der Waals surface area contributed by atoms with Crippen LogP contribution >= 0.6 is 11.3 Å². The predicted octanol–water partition coefficient (Wildman–Crippen LogP) is 4.00. The normalized spacial score (nSPS) is 23.3. The molecule has 2 rings (SSSR count). The number of rotatable bonds is 5. The number of hydrogen-bond donors (Lipinski definition) is 1. The van der Waals surface area contributed by atoms with Crippen molar-refractivity contribution in [3.63, 3.8) is 0 Å². The Bertz CT molecular complexity index is 419. The summed E-state index contributed by atoms with van der Waals surface area (Å²) in [5.74, 6) is 1.41. The monoisotopic (exact) mass is 295 g/mol. The Morgan fingerprint density at radius 1 is 1.30 bits per heavy atom. The Kier molecular flexibility index (Phi) is 5.44. The van der Waals surface area contributed by atoms with E-state index in [-0.39, 0.29) is 0 Å². The van der Waals surface area contributed by atoms with E-state index in [1.165, 1.54) is 41.4 Å². The van der Waals surface area contributed by atoms with Gasteiger partial charge in [-0.25, -0.2) is 4.98 Å². The fourth-order valence-electron chi connectivity index (χ4n) is 3.03. The third kappa shape index (κ3) is 3.53. The Hall–Kier alpha value is -0.610. The molecule has 0 saturated heterocycles. The van der Waals surface area contributed by atoms with Crippen LogP contribution in [0.1, 0.15) is 62.9 Å². The molecule has 20 heavy (non-hydrogen) atoms. The molecule has 0 spiro atoms. The van der Waals surface area contributed by atoms with Gasteiger partial charge in [0.1, 0.15) is 0 Å². The molecule has 1 N–H and O–H groups in total. The van der Waals surface area contributed by atoms with Crippen LogP contribution in [0.5, 0.6) is 0 Å². The van der Waals surface area contributed by atoms with Crippen molar-refractivity contribution in [2.24, 2.45) is 5.92 Å². The minimum Gasteiger partial charge on any atom is -0.348 e. The number of anilines is 1. The van der Waals surface area contributed by atoms with E-state index >= 15 is 0 Å². The molecule has 0 atom stereocenters. The van der Waals surface area contributed by atoms with Gasteiger partial charge in [-0.15, -0.1) is 11.3 Å². The van der Waals surface area contributed by atoms with Gasteiger partial charge in [0.05, 0.1) is 5.69 Å².